The second-order valence-corrected chi connectivity index (χ2v) is 5.47. The second-order valence-electron chi connectivity index (χ2n) is 5.47. The number of carbonyl (C=O) groups is 2. The van der Waals surface area contributed by atoms with Crippen LogP contribution in [0.4, 0.5) is 0 Å². The molecule has 1 unspecified atom stereocenters. The van der Waals surface area contributed by atoms with E-state index in [1.165, 1.54) is 0 Å². The molecule has 0 N–H and O–H groups in total. The molecular formula is C15H19N3O2. The smallest absolute Gasteiger partial charge is 0.245 e. The first kappa shape index (κ1) is 13.1. The van der Waals surface area contributed by atoms with Gasteiger partial charge in [0.05, 0.1) is 0 Å². The summed E-state index contributed by atoms with van der Waals surface area (Å²) in [5.74, 6) is 0.219. The molecule has 2 saturated heterocycles. The SMILES string of the molecule is O=C1C2CCCCN2C(=O)CCN1Cc1cccnc1. The number of fused-ring (bicyclic) bond motifs is 1. The highest BCUT2D eigenvalue weighted by atomic mass is 16.2. The summed E-state index contributed by atoms with van der Waals surface area (Å²) in [7, 11) is 0. The fourth-order valence-electron chi connectivity index (χ4n) is 3.05. The Kier molecular flexibility index (Phi) is 3.67. The molecule has 20 heavy (non-hydrogen) atoms. The number of piperidine rings is 1. The lowest BCUT2D eigenvalue weighted by atomic mass is 10.0. The Morgan fingerprint density at radius 3 is 2.95 bits per heavy atom. The maximum atomic E-state index is 12.6. The molecule has 106 valence electrons. The van der Waals surface area contributed by atoms with Crippen molar-refractivity contribution in [2.75, 3.05) is 13.1 Å². The Morgan fingerprint density at radius 1 is 1.25 bits per heavy atom. The molecule has 0 bridgehead atoms. The standard InChI is InChI=1S/C15H19N3O2/c19-14-6-9-17(11-12-4-3-7-16-10-12)15(20)13-5-1-2-8-18(13)14/h3-4,7,10,13H,1-2,5-6,8-9,11H2. The average molecular weight is 273 g/mol. The highest BCUT2D eigenvalue weighted by Gasteiger charge is 2.37. The van der Waals surface area contributed by atoms with Gasteiger partial charge in [0.2, 0.25) is 11.8 Å². The predicted molar refractivity (Wildman–Crippen MR) is 73.6 cm³/mol. The van der Waals surface area contributed by atoms with Crippen LogP contribution >= 0.6 is 0 Å². The summed E-state index contributed by atoms with van der Waals surface area (Å²) < 4.78 is 0. The molecular weight excluding hydrogens is 254 g/mol. The van der Waals surface area contributed by atoms with E-state index < -0.39 is 0 Å². The van der Waals surface area contributed by atoms with Gasteiger partial charge in [0.25, 0.3) is 0 Å². The fraction of sp³-hybridized carbons (Fsp3) is 0.533. The number of carbonyl (C=O) groups excluding carboxylic acids is 2. The molecule has 0 spiro atoms. The van der Waals surface area contributed by atoms with Crippen molar-refractivity contribution < 1.29 is 9.59 Å². The van der Waals surface area contributed by atoms with Crippen LogP contribution in [0.15, 0.2) is 24.5 Å². The van der Waals surface area contributed by atoms with Crippen LogP contribution in [-0.4, -0.2) is 45.7 Å². The van der Waals surface area contributed by atoms with E-state index in [-0.39, 0.29) is 17.9 Å². The Labute approximate surface area is 118 Å². The lowest BCUT2D eigenvalue weighted by molar-refractivity contribution is -0.143. The van der Waals surface area contributed by atoms with Crippen molar-refractivity contribution in [2.45, 2.75) is 38.3 Å². The van der Waals surface area contributed by atoms with Crippen molar-refractivity contribution in [3.05, 3.63) is 30.1 Å². The maximum absolute atomic E-state index is 12.6. The molecule has 5 heteroatoms. The van der Waals surface area contributed by atoms with Crippen LogP contribution in [-0.2, 0) is 16.1 Å². The lowest BCUT2D eigenvalue weighted by Gasteiger charge is -2.34. The third kappa shape index (κ3) is 2.53. The van der Waals surface area contributed by atoms with E-state index in [0.29, 0.717) is 19.5 Å². The zero-order valence-corrected chi connectivity index (χ0v) is 11.5. The zero-order chi connectivity index (χ0) is 13.9. The van der Waals surface area contributed by atoms with E-state index in [9.17, 15) is 9.59 Å². The number of nitrogens with zero attached hydrogens (tertiary/aromatic N) is 3. The third-order valence-corrected chi connectivity index (χ3v) is 4.11. The van der Waals surface area contributed by atoms with E-state index in [4.69, 9.17) is 0 Å². The van der Waals surface area contributed by atoms with Gasteiger partial charge in [0.15, 0.2) is 0 Å². The molecule has 0 aliphatic carbocycles. The highest BCUT2D eigenvalue weighted by molar-refractivity contribution is 5.90. The van der Waals surface area contributed by atoms with Gasteiger partial charge in [0.1, 0.15) is 6.04 Å². The minimum atomic E-state index is -0.240. The van der Waals surface area contributed by atoms with Gasteiger partial charge in [-0.3, -0.25) is 14.6 Å². The van der Waals surface area contributed by atoms with Crippen LogP contribution < -0.4 is 0 Å². The first-order valence-corrected chi connectivity index (χ1v) is 7.23. The van der Waals surface area contributed by atoms with E-state index in [0.717, 1.165) is 31.4 Å². The number of hydrogen-bond acceptors (Lipinski definition) is 3. The zero-order valence-electron chi connectivity index (χ0n) is 11.5. The number of amides is 2. The second kappa shape index (κ2) is 5.61. The number of aromatic nitrogens is 1. The molecule has 0 aromatic carbocycles. The van der Waals surface area contributed by atoms with Gasteiger partial charge in [-0.05, 0) is 30.9 Å². The molecule has 2 amide bonds. The van der Waals surface area contributed by atoms with Crippen molar-refractivity contribution in [3.63, 3.8) is 0 Å². The average Bonchev–Trinajstić information content (AvgIpc) is 2.61. The van der Waals surface area contributed by atoms with E-state index in [1.807, 2.05) is 17.0 Å². The van der Waals surface area contributed by atoms with Gasteiger partial charge in [-0.1, -0.05) is 6.07 Å². The van der Waals surface area contributed by atoms with E-state index in [1.54, 1.807) is 17.3 Å². The van der Waals surface area contributed by atoms with Crippen molar-refractivity contribution in [1.82, 2.24) is 14.8 Å². The number of rotatable bonds is 2. The van der Waals surface area contributed by atoms with Crippen LogP contribution in [0.2, 0.25) is 0 Å². The summed E-state index contributed by atoms with van der Waals surface area (Å²) in [5.41, 5.74) is 1.01. The topological polar surface area (TPSA) is 53.5 Å². The summed E-state index contributed by atoms with van der Waals surface area (Å²) >= 11 is 0. The van der Waals surface area contributed by atoms with Crippen LogP contribution in [0.1, 0.15) is 31.2 Å². The highest BCUT2D eigenvalue weighted by Crippen LogP contribution is 2.23. The molecule has 3 heterocycles. The van der Waals surface area contributed by atoms with Crippen molar-refractivity contribution >= 4 is 11.8 Å². The largest absolute Gasteiger partial charge is 0.336 e. The van der Waals surface area contributed by atoms with Crippen LogP contribution in [0.25, 0.3) is 0 Å². The Morgan fingerprint density at radius 2 is 2.15 bits per heavy atom. The van der Waals surface area contributed by atoms with Crippen molar-refractivity contribution in [2.24, 2.45) is 0 Å². The molecule has 2 aliphatic heterocycles. The molecule has 3 rings (SSSR count). The van der Waals surface area contributed by atoms with Gasteiger partial charge in [0, 0.05) is 38.4 Å². The van der Waals surface area contributed by atoms with Gasteiger partial charge in [-0.2, -0.15) is 0 Å². The normalized spacial score (nSPS) is 23.5. The predicted octanol–water partition coefficient (Wildman–Crippen LogP) is 1.19. The summed E-state index contributed by atoms with van der Waals surface area (Å²) in [4.78, 5) is 32.4. The summed E-state index contributed by atoms with van der Waals surface area (Å²) in [6.07, 6.45) is 6.77. The first-order valence-electron chi connectivity index (χ1n) is 7.23. The Hall–Kier alpha value is -1.91. The Bertz CT molecular complexity index is 503. The summed E-state index contributed by atoms with van der Waals surface area (Å²) in [6, 6.07) is 3.59. The number of hydrogen-bond donors (Lipinski definition) is 0. The van der Waals surface area contributed by atoms with Crippen molar-refractivity contribution in [3.8, 4) is 0 Å². The minimum absolute atomic E-state index is 0.0967. The van der Waals surface area contributed by atoms with Gasteiger partial charge in [-0.25, -0.2) is 0 Å². The molecule has 1 aromatic heterocycles. The number of pyridine rings is 1. The summed E-state index contributed by atoms with van der Waals surface area (Å²) in [6.45, 7) is 1.79. The van der Waals surface area contributed by atoms with Crippen LogP contribution in [0.3, 0.4) is 0 Å². The first-order chi connectivity index (χ1) is 9.75. The maximum Gasteiger partial charge on any atom is 0.245 e. The minimum Gasteiger partial charge on any atom is -0.336 e. The van der Waals surface area contributed by atoms with Gasteiger partial charge >= 0.3 is 0 Å². The molecule has 1 aromatic rings. The van der Waals surface area contributed by atoms with Gasteiger partial charge in [-0.15, -0.1) is 0 Å². The molecule has 1 atom stereocenters. The monoisotopic (exact) mass is 273 g/mol. The Balaban J connectivity index is 1.78. The third-order valence-electron chi connectivity index (χ3n) is 4.11. The quantitative estimate of drug-likeness (QED) is 0.813. The van der Waals surface area contributed by atoms with E-state index in [2.05, 4.69) is 4.98 Å². The molecule has 5 nitrogen and oxygen atoms in total. The van der Waals surface area contributed by atoms with Crippen LogP contribution in [0.5, 0.6) is 0 Å². The molecule has 2 aliphatic rings. The molecule has 0 radical (unpaired) electrons. The van der Waals surface area contributed by atoms with Gasteiger partial charge < -0.3 is 9.80 Å². The fourth-order valence-corrected chi connectivity index (χ4v) is 3.05. The lowest BCUT2D eigenvalue weighted by Crippen LogP contribution is -2.49. The summed E-state index contributed by atoms with van der Waals surface area (Å²) in [5, 5.41) is 0. The van der Waals surface area contributed by atoms with Crippen LogP contribution in [0, 0.1) is 0 Å². The molecule has 0 saturated carbocycles. The molecule has 2 fully saturated rings. The van der Waals surface area contributed by atoms with Crippen molar-refractivity contribution in [1.29, 1.82) is 0 Å². The van der Waals surface area contributed by atoms with E-state index >= 15 is 0 Å².